The molecular weight excluding hydrogens is 368 g/mol. The van der Waals surface area contributed by atoms with Gasteiger partial charge in [-0.1, -0.05) is 60.7 Å². The first-order chi connectivity index (χ1) is 14.2. The van der Waals surface area contributed by atoms with Gasteiger partial charge in [0, 0.05) is 25.5 Å². The second-order valence-electron chi connectivity index (χ2n) is 6.42. The zero-order chi connectivity index (χ0) is 20.1. The third-order valence-corrected chi connectivity index (χ3v) is 4.45. The van der Waals surface area contributed by atoms with E-state index in [-0.39, 0.29) is 17.3 Å². The van der Waals surface area contributed by atoms with Crippen molar-refractivity contribution >= 4 is 11.5 Å². The number of imidazole rings is 1. The van der Waals surface area contributed by atoms with Crippen LogP contribution in [0.2, 0.25) is 0 Å². The first-order valence-electron chi connectivity index (χ1n) is 9.03. The molecule has 0 saturated carbocycles. The van der Waals surface area contributed by atoms with Gasteiger partial charge in [-0.15, -0.1) is 0 Å². The summed E-state index contributed by atoms with van der Waals surface area (Å²) >= 11 is 0. The lowest BCUT2D eigenvalue weighted by molar-refractivity contribution is -0.384. The molecular formula is C21H18N6O2. The van der Waals surface area contributed by atoms with E-state index in [1.807, 2.05) is 65.6 Å². The van der Waals surface area contributed by atoms with Gasteiger partial charge in [0.15, 0.2) is 0 Å². The summed E-state index contributed by atoms with van der Waals surface area (Å²) in [5.41, 5.74) is 1.90. The Kier molecular flexibility index (Phi) is 5.24. The minimum absolute atomic E-state index is 0.155. The number of rotatable bonds is 7. The third kappa shape index (κ3) is 4.11. The molecule has 0 saturated heterocycles. The van der Waals surface area contributed by atoms with Crippen molar-refractivity contribution in [3.8, 4) is 5.82 Å². The summed E-state index contributed by atoms with van der Waals surface area (Å²) in [7, 11) is 0. The predicted molar refractivity (Wildman–Crippen MR) is 109 cm³/mol. The highest BCUT2D eigenvalue weighted by Gasteiger charge is 2.28. The monoisotopic (exact) mass is 386 g/mol. The van der Waals surface area contributed by atoms with Crippen LogP contribution in [0, 0.1) is 10.1 Å². The number of aromatic nitrogens is 4. The van der Waals surface area contributed by atoms with Crippen LogP contribution in [0.25, 0.3) is 5.82 Å². The van der Waals surface area contributed by atoms with Gasteiger partial charge in [-0.2, -0.15) is 0 Å². The number of nitrogens with zero attached hydrogens (tertiary/aromatic N) is 6. The fourth-order valence-electron chi connectivity index (χ4n) is 3.14. The topological polar surface area (TPSA) is 90.0 Å². The molecule has 8 nitrogen and oxygen atoms in total. The molecule has 0 radical (unpaired) electrons. The quantitative estimate of drug-likeness (QED) is 0.355. The Morgan fingerprint density at radius 3 is 2.07 bits per heavy atom. The lowest BCUT2D eigenvalue weighted by atomic mass is 10.1. The van der Waals surface area contributed by atoms with E-state index in [1.165, 1.54) is 17.2 Å². The van der Waals surface area contributed by atoms with E-state index in [4.69, 9.17) is 0 Å². The maximum atomic E-state index is 12.0. The molecule has 0 aliphatic carbocycles. The maximum absolute atomic E-state index is 12.0. The summed E-state index contributed by atoms with van der Waals surface area (Å²) in [5, 5.41) is 12.0. The predicted octanol–water partition coefficient (Wildman–Crippen LogP) is 3.78. The third-order valence-electron chi connectivity index (χ3n) is 4.45. The van der Waals surface area contributed by atoms with Gasteiger partial charge in [0.25, 0.3) is 0 Å². The number of hydrogen-bond donors (Lipinski definition) is 0. The van der Waals surface area contributed by atoms with Crippen molar-refractivity contribution in [2.75, 3.05) is 4.90 Å². The average Bonchev–Trinajstić information content (AvgIpc) is 3.29. The second-order valence-corrected chi connectivity index (χ2v) is 6.42. The SMILES string of the molecule is O=[N+]([O-])c1c(N(Cc2ccccc2)Cc2ccccc2)ncnc1-n1ccnc1. The standard InChI is InChI=1S/C21H18N6O2/c28-27(29)19-20(25-12-11-22-16-25)23-15-24-21(19)26(13-17-7-3-1-4-8-17)14-18-9-5-2-6-10-18/h1-12,15-16H,13-14H2. The summed E-state index contributed by atoms with van der Waals surface area (Å²) in [6, 6.07) is 19.6. The molecule has 0 N–H and O–H groups in total. The molecule has 2 aromatic carbocycles. The smallest absolute Gasteiger partial charge is 0.342 e. The molecule has 2 aromatic heterocycles. The summed E-state index contributed by atoms with van der Waals surface area (Å²) in [6.07, 6.45) is 6.01. The lowest BCUT2D eigenvalue weighted by Crippen LogP contribution is -2.25. The van der Waals surface area contributed by atoms with Crippen molar-refractivity contribution in [2.45, 2.75) is 13.1 Å². The van der Waals surface area contributed by atoms with E-state index >= 15 is 0 Å². The van der Waals surface area contributed by atoms with E-state index < -0.39 is 4.92 Å². The van der Waals surface area contributed by atoms with E-state index in [0.717, 1.165) is 11.1 Å². The van der Waals surface area contributed by atoms with Gasteiger partial charge in [-0.3, -0.25) is 14.7 Å². The van der Waals surface area contributed by atoms with Crippen molar-refractivity contribution in [1.29, 1.82) is 0 Å². The van der Waals surface area contributed by atoms with E-state index in [0.29, 0.717) is 13.1 Å². The van der Waals surface area contributed by atoms with Crippen LogP contribution in [0.4, 0.5) is 11.5 Å². The molecule has 0 atom stereocenters. The Morgan fingerprint density at radius 2 is 1.55 bits per heavy atom. The van der Waals surface area contributed by atoms with Gasteiger partial charge in [-0.05, 0) is 11.1 Å². The summed E-state index contributed by atoms with van der Waals surface area (Å²) in [6.45, 7) is 0.938. The molecule has 0 bridgehead atoms. The number of anilines is 1. The Labute approximate surface area is 167 Å². The minimum Gasteiger partial charge on any atom is -0.342 e. The van der Waals surface area contributed by atoms with Gasteiger partial charge in [0.05, 0.1) is 4.92 Å². The molecule has 4 rings (SSSR count). The van der Waals surface area contributed by atoms with E-state index in [2.05, 4.69) is 15.0 Å². The van der Waals surface area contributed by atoms with Crippen LogP contribution >= 0.6 is 0 Å². The molecule has 0 spiro atoms. The largest absolute Gasteiger partial charge is 0.354 e. The molecule has 0 fully saturated rings. The normalized spacial score (nSPS) is 10.6. The average molecular weight is 386 g/mol. The second kappa shape index (κ2) is 8.30. The number of benzene rings is 2. The van der Waals surface area contributed by atoms with Crippen LogP contribution in [-0.2, 0) is 13.1 Å². The van der Waals surface area contributed by atoms with Crippen LogP contribution in [0.15, 0.2) is 85.7 Å². The Bertz CT molecular complexity index is 1040. The van der Waals surface area contributed by atoms with Gasteiger partial charge >= 0.3 is 5.69 Å². The Morgan fingerprint density at radius 1 is 0.931 bits per heavy atom. The van der Waals surface area contributed by atoms with Gasteiger partial charge in [0.1, 0.15) is 12.7 Å². The van der Waals surface area contributed by atoms with E-state index in [1.54, 1.807) is 12.4 Å². The zero-order valence-corrected chi connectivity index (χ0v) is 15.5. The highest BCUT2D eigenvalue weighted by atomic mass is 16.6. The van der Waals surface area contributed by atoms with Crippen LogP contribution in [0.5, 0.6) is 0 Å². The number of nitro groups is 1. The van der Waals surface area contributed by atoms with Crippen LogP contribution in [-0.4, -0.2) is 24.4 Å². The molecule has 0 aliphatic rings. The molecule has 0 aliphatic heterocycles. The molecule has 29 heavy (non-hydrogen) atoms. The minimum atomic E-state index is -0.437. The van der Waals surface area contributed by atoms with Crippen LogP contribution < -0.4 is 4.90 Å². The summed E-state index contributed by atoms with van der Waals surface area (Å²) in [4.78, 5) is 25.9. The highest BCUT2D eigenvalue weighted by Crippen LogP contribution is 2.32. The Balaban J connectivity index is 1.81. The van der Waals surface area contributed by atoms with Crippen LogP contribution in [0.1, 0.15) is 11.1 Å². The molecule has 0 unspecified atom stereocenters. The molecule has 4 aromatic rings. The first kappa shape index (κ1) is 18.3. The van der Waals surface area contributed by atoms with Crippen molar-refractivity contribution in [1.82, 2.24) is 19.5 Å². The number of hydrogen-bond acceptors (Lipinski definition) is 6. The van der Waals surface area contributed by atoms with Gasteiger partial charge < -0.3 is 4.90 Å². The van der Waals surface area contributed by atoms with Crippen LogP contribution in [0.3, 0.4) is 0 Å². The van der Waals surface area contributed by atoms with Crippen molar-refractivity contribution in [3.63, 3.8) is 0 Å². The van der Waals surface area contributed by atoms with Gasteiger partial charge in [-0.25, -0.2) is 15.0 Å². The molecule has 2 heterocycles. The fraction of sp³-hybridized carbons (Fsp3) is 0.0952. The first-order valence-corrected chi connectivity index (χ1v) is 9.03. The van der Waals surface area contributed by atoms with Crippen molar-refractivity contribution in [2.24, 2.45) is 0 Å². The highest BCUT2D eigenvalue weighted by molar-refractivity contribution is 5.65. The summed E-state index contributed by atoms with van der Waals surface area (Å²) in [5.74, 6) is 0.449. The van der Waals surface area contributed by atoms with Crippen molar-refractivity contribution < 1.29 is 4.92 Å². The zero-order valence-electron chi connectivity index (χ0n) is 15.5. The summed E-state index contributed by atoms with van der Waals surface area (Å²) < 4.78 is 1.52. The molecule has 8 heteroatoms. The van der Waals surface area contributed by atoms with E-state index in [9.17, 15) is 10.1 Å². The maximum Gasteiger partial charge on any atom is 0.354 e. The van der Waals surface area contributed by atoms with Gasteiger partial charge in [0.2, 0.25) is 11.6 Å². The fourth-order valence-corrected chi connectivity index (χ4v) is 3.14. The van der Waals surface area contributed by atoms with Crippen molar-refractivity contribution in [3.05, 3.63) is 107 Å². The lowest BCUT2D eigenvalue weighted by Gasteiger charge is -2.24. The Hall–Kier alpha value is -4.07. The molecule has 0 amide bonds. The molecule has 144 valence electrons.